The van der Waals surface area contributed by atoms with Gasteiger partial charge in [-0.05, 0) is 69.1 Å². The number of likely N-dealkylation sites (tertiary alicyclic amines) is 1. The molecule has 2 aromatic heterocycles. The van der Waals surface area contributed by atoms with Crippen LogP contribution in [0.15, 0.2) is 52.4 Å². The highest BCUT2D eigenvalue weighted by atomic mass is 32.2. The molecule has 1 aliphatic rings. The van der Waals surface area contributed by atoms with E-state index in [4.69, 9.17) is 0 Å². The number of rotatable bonds is 4. The Hall–Kier alpha value is -2.64. The van der Waals surface area contributed by atoms with Crippen molar-refractivity contribution in [1.29, 1.82) is 0 Å². The van der Waals surface area contributed by atoms with Crippen molar-refractivity contribution in [2.75, 3.05) is 25.9 Å². The second-order valence-electron chi connectivity index (χ2n) is 8.22. The molecule has 0 radical (unpaired) electrons. The molecule has 1 saturated heterocycles. The van der Waals surface area contributed by atoms with Crippen LogP contribution in [0.25, 0.3) is 22.4 Å². The summed E-state index contributed by atoms with van der Waals surface area (Å²) >= 11 is 1.74. The molecule has 0 saturated carbocycles. The van der Waals surface area contributed by atoms with Gasteiger partial charge in [0.15, 0.2) is 5.16 Å². The number of nitrogens with zero attached hydrogens (tertiary/aromatic N) is 5. The van der Waals surface area contributed by atoms with Crippen LogP contribution in [0.2, 0.25) is 0 Å². The van der Waals surface area contributed by atoms with E-state index in [1.165, 1.54) is 6.42 Å². The topological polar surface area (TPSA) is 55.4 Å². The fraction of sp³-hybridized carbons (Fsp3) is 0.348. The lowest BCUT2D eigenvalue weighted by Crippen LogP contribution is -2.22. The summed E-state index contributed by atoms with van der Waals surface area (Å²) in [5.41, 5.74) is 3.87. The van der Waals surface area contributed by atoms with Gasteiger partial charge in [-0.2, -0.15) is 0 Å². The second-order valence-corrected chi connectivity index (χ2v) is 9.21. The molecule has 2 aromatic carbocycles. The van der Waals surface area contributed by atoms with Gasteiger partial charge in [0.25, 0.3) is 5.56 Å². The average Bonchev–Trinajstić information content (AvgIpc) is 3.36. The molecule has 1 atom stereocenters. The number of aryl methyl sites for hydroxylation is 1. The summed E-state index contributed by atoms with van der Waals surface area (Å²) < 4.78 is 3.76. The Morgan fingerprint density at radius 2 is 1.93 bits per heavy atom. The maximum atomic E-state index is 13.5. The van der Waals surface area contributed by atoms with E-state index in [2.05, 4.69) is 35.1 Å². The Morgan fingerprint density at radius 3 is 2.73 bits per heavy atom. The van der Waals surface area contributed by atoms with Gasteiger partial charge in [-0.1, -0.05) is 36.0 Å². The third-order valence-corrected chi connectivity index (χ3v) is 7.31. The lowest BCUT2D eigenvalue weighted by atomic mass is 10.1. The van der Waals surface area contributed by atoms with Crippen molar-refractivity contribution in [3.8, 4) is 5.69 Å². The molecule has 0 aliphatic carbocycles. The van der Waals surface area contributed by atoms with Crippen LogP contribution in [0.5, 0.6) is 0 Å². The third-order valence-electron chi connectivity index (χ3n) is 6.15. The Morgan fingerprint density at radius 1 is 1.10 bits per heavy atom. The number of benzene rings is 2. The van der Waals surface area contributed by atoms with E-state index in [0.29, 0.717) is 17.1 Å². The number of aromatic nitrogens is 4. The molecule has 4 aromatic rings. The third kappa shape index (κ3) is 3.13. The highest BCUT2D eigenvalue weighted by molar-refractivity contribution is 7.99. The van der Waals surface area contributed by atoms with Gasteiger partial charge in [-0.25, -0.2) is 4.57 Å². The van der Waals surface area contributed by atoms with E-state index in [1.54, 1.807) is 16.3 Å². The predicted octanol–water partition coefficient (Wildman–Crippen LogP) is 3.69. The molecule has 3 heterocycles. The van der Waals surface area contributed by atoms with Crippen LogP contribution < -0.4 is 5.56 Å². The number of fused-ring (bicyclic) bond motifs is 3. The molecular formula is C23H25N5OS. The zero-order valence-electron chi connectivity index (χ0n) is 17.5. The molecule has 0 amide bonds. The van der Waals surface area contributed by atoms with Crippen LogP contribution in [0, 0.1) is 19.8 Å². The lowest BCUT2D eigenvalue weighted by Gasteiger charge is -2.14. The van der Waals surface area contributed by atoms with Crippen LogP contribution in [-0.4, -0.2) is 50.0 Å². The van der Waals surface area contributed by atoms with Gasteiger partial charge in [0, 0.05) is 12.3 Å². The van der Waals surface area contributed by atoms with Crippen molar-refractivity contribution >= 4 is 28.4 Å². The minimum Gasteiger partial charge on any atom is -0.306 e. The van der Waals surface area contributed by atoms with E-state index in [1.807, 2.05) is 47.7 Å². The number of hydrogen-bond donors (Lipinski definition) is 0. The average molecular weight is 420 g/mol. The normalized spacial score (nSPS) is 17.4. The Kier molecular flexibility index (Phi) is 4.87. The molecule has 1 fully saturated rings. The van der Waals surface area contributed by atoms with Crippen molar-refractivity contribution in [3.63, 3.8) is 0 Å². The molecule has 1 unspecified atom stereocenters. The molecule has 30 heavy (non-hydrogen) atoms. The largest absolute Gasteiger partial charge is 0.306 e. The van der Waals surface area contributed by atoms with Crippen LogP contribution in [0.4, 0.5) is 0 Å². The van der Waals surface area contributed by atoms with E-state index >= 15 is 0 Å². The summed E-state index contributed by atoms with van der Waals surface area (Å²) in [6.07, 6.45) is 1.22. The van der Waals surface area contributed by atoms with Gasteiger partial charge in [0.05, 0.1) is 16.6 Å². The van der Waals surface area contributed by atoms with Crippen molar-refractivity contribution in [1.82, 2.24) is 24.1 Å². The standard InChI is InChI=1S/C23H25N5OS/c1-15-7-6-10-19(16(15)2)27-21(29)18-8-4-5-9-20(18)28-22(27)24-25-23(28)30-14-17-11-12-26(3)13-17/h4-10,17H,11-14H2,1-3H3. The molecule has 6 nitrogen and oxygen atoms in total. The summed E-state index contributed by atoms with van der Waals surface area (Å²) in [4.78, 5) is 15.9. The van der Waals surface area contributed by atoms with E-state index in [9.17, 15) is 4.79 Å². The van der Waals surface area contributed by atoms with Crippen LogP contribution in [0.1, 0.15) is 17.5 Å². The molecule has 0 N–H and O–H groups in total. The first-order valence-corrected chi connectivity index (χ1v) is 11.3. The maximum Gasteiger partial charge on any atom is 0.267 e. The van der Waals surface area contributed by atoms with Crippen molar-refractivity contribution in [2.24, 2.45) is 5.92 Å². The summed E-state index contributed by atoms with van der Waals surface area (Å²) in [6, 6.07) is 13.8. The Balaban J connectivity index is 1.71. The second kappa shape index (κ2) is 7.56. The van der Waals surface area contributed by atoms with Crippen molar-refractivity contribution in [2.45, 2.75) is 25.4 Å². The van der Waals surface area contributed by atoms with Gasteiger partial charge < -0.3 is 4.90 Å². The predicted molar refractivity (Wildman–Crippen MR) is 122 cm³/mol. The zero-order valence-corrected chi connectivity index (χ0v) is 18.3. The summed E-state index contributed by atoms with van der Waals surface area (Å²) in [5, 5.41) is 10.5. The molecule has 0 bridgehead atoms. The van der Waals surface area contributed by atoms with E-state index in [-0.39, 0.29) is 5.56 Å². The summed E-state index contributed by atoms with van der Waals surface area (Å²) in [6.45, 7) is 6.38. The van der Waals surface area contributed by atoms with Crippen molar-refractivity contribution in [3.05, 3.63) is 63.9 Å². The Labute approximate surface area is 179 Å². The number of para-hydroxylation sites is 1. The van der Waals surface area contributed by atoms with Gasteiger partial charge in [0.1, 0.15) is 0 Å². The minimum absolute atomic E-state index is 0.0619. The first kappa shape index (κ1) is 19.3. The van der Waals surface area contributed by atoms with Crippen LogP contribution in [-0.2, 0) is 0 Å². The van der Waals surface area contributed by atoms with Gasteiger partial charge >= 0.3 is 0 Å². The molecule has 5 rings (SSSR count). The van der Waals surface area contributed by atoms with E-state index < -0.39 is 0 Å². The van der Waals surface area contributed by atoms with Crippen molar-refractivity contribution < 1.29 is 0 Å². The van der Waals surface area contributed by atoms with Crippen LogP contribution in [0.3, 0.4) is 0 Å². The number of hydrogen-bond acceptors (Lipinski definition) is 5. The summed E-state index contributed by atoms with van der Waals surface area (Å²) in [5.74, 6) is 2.23. The molecule has 1 aliphatic heterocycles. The highest BCUT2D eigenvalue weighted by Crippen LogP contribution is 2.28. The Bertz CT molecular complexity index is 1310. The lowest BCUT2D eigenvalue weighted by molar-refractivity contribution is 0.403. The molecular weight excluding hydrogens is 394 g/mol. The van der Waals surface area contributed by atoms with E-state index in [0.717, 1.165) is 46.3 Å². The van der Waals surface area contributed by atoms with Gasteiger partial charge in [0.2, 0.25) is 5.78 Å². The first-order valence-electron chi connectivity index (χ1n) is 10.3. The smallest absolute Gasteiger partial charge is 0.267 e. The molecule has 0 spiro atoms. The van der Waals surface area contributed by atoms with Crippen LogP contribution >= 0.6 is 11.8 Å². The zero-order chi connectivity index (χ0) is 20.8. The summed E-state index contributed by atoms with van der Waals surface area (Å²) in [7, 11) is 2.17. The number of thioether (sulfide) groups is 1. The fourth-order valence-corrected chi connectivity index (χ4v) is 5.39. The first-order chi connectivity index (χ1) is 14.5. The maximum absolute atomic E-state index is 13.5. The monoisotopic (exact) mass is 419 g/mol. The molecule has 7 heteroatoms. The fourth-order valence-electron chi connectivity index (χ4n) is 4.32. The SMILES string of the molecule is Cc1cccc(-n2c(=O)c3ccccc3n3c(SCC4CCN(C)C4)nnc23)c1C. The minimum atomic E-state index is -0.0619. The highest BCUT2D eigenvalue weighted by Gasteiger charge is 2.22. The molecule has 154 valence electrons. The van der Waals surface area contributed by atoms with Gasteiger partial charge in [-0.15, -0.1) is 10.2 Å². The quantitative estimate of drug-likeness (QED) is 0.472. The van der Waals surface area contributed by atoms with Gasteiger partial charge in [-0.3, -0.25) is 9.20 Å².